The van der Waals surface area contributed by atoms with Gasteiger partial charge in [0.25, 0.3) is 11.5 Å². The maximum atomic E-state index is 12.5. The normalized spacial score (nSPS) is 10.8. The summed E-state index contributed by atoms with van der Waals surface area (Å²) < 4.78 is 5.13. The molecule has 0 fully saturated rings. The second-order valence-electron chi connectivity index (χ2n) is 5.74. The van der Waals surface area contributed by atoms with Crippen LogP contribution in [0.5, 0.6) is 5.75 Å². The van der Waals surface area contributed by atoms with Crippen LogP contribution in [-0.2, 0) is 6.42 Å². The number of aromatic amines is 1. The number of aryl methyl sites for hydroxylation is 2. The Morgan fingerprint density at radius 2 is 2.00 bits per heavy atom. The minimum Gasteiger partial charge on any atom is -0.497 e. The van der Waals surface area contributed by atoms with Gasteiger partial charge in [-0.15, -0.1) is 11.3 Å². The van der Waals surface area contributed by atoms with Gasteiger partial charge in [-0.25, -0.2) is 4.98 Å². The molecule has 1 aromatic carbocycles. The van der Waals surface area contributed by atoms with Crippen molar-refractivity contribution >= 4 is 27.5 Å². The van der Waals surface area contributed by atoms with Gasteiger partial charge in [0.1, 0.15) is 16.4 Å². The molecule has 2 heterocycles. The molecular formula is C18H19N3O3S. The summed E-state index contributed by atoms with van der Waals surface area (Å²) in [5, 5.41) is 3.41. The highest BCUT2D eigenvalue weighted by atomic mass is 32.1. The lowest BCUT2D eigenvalue weighted by Gasteiger charge is -2.06. The highest BCUT2D eigenvalue weighted by Crippen LogP contribution is 2.26. The van der Waals surface area contributed by atoms with Crippen LogP contribution in [-0.4, -0.2) is 29.5 Å². The summed E-state index contributed by atoms with van der Waals surface area (Å²) in [5.74, 6) is 1.18. The van der Waals surface area contributed by atoms with Crippen LogP contribution in [0.3, 0.4) is 0 Å². The number of hydrogen-bond acceptors (Lipinski definition) is 5. The molecule has 0 spiro atoms. The number of ether oxygens (including phenoxy) is 1. The van der Waals surface area contributed by atoms with E-state index in [1.807, 2.05) is 24.3 Å². The number of nitrogens with one attached hydrogen (secondary N) is 2. The molecular weight excluding hydrogens is 338 g/mol. The molecule has 6 nitrogen and oxygen atoms in total. The predicted octanol–water partition coefficient (Wildman–Crippen LogP) is 2.58. The van der Waals surface area contributed by atoms with Crippen LogP contribution in [0, 0.1) is 13.8 Å². The highest BCUT2D eigenvalue weighted by Gasteiger charge is 2.18. The zero-order chi connectivity index (χ0) is 18.0. The number of fused-ring (bicyclic) bond motifs is 1. The number of amides is 1. The highest BCUT2D eigenvalue weighted by molar-refractivity contribution is 7.20. The van der Waals surface area contributed by atoms with Crippen LogP contribution in [0.2, 0.25) is 0 Å². The van der Waals surface area contributed by atoms with Gasteiger partial charge in [0.15, 0.2) is 0 Å². The van der Waals surface area contributed by atoms with E-state index in [4.69, 9.17) is 4.74 Å². The quantitative estimate of drug-likeness (QED) is 0.735. The predicted molar refractivity (Wildman–Crippen MR) is 98.7 cm³/mol. The molecule has 0 saturated carbocycles. The zero-order valence-corrected chi connectivity index (χ0v) is 15.1. The lowest BCUT2D eigenvalue weighted by Crippen LogP contribution is -2.25. The molecule has 0 radical (unpaired) electrons. The minimum atomic E-state index is -0.200. The number of rotatable bonds is 5. The van der Waals surface area contributed by atoms with Gasteiger partial charge in [-0.2, -0.15) is 0 Å². The fourth-order valence-electron chi connectivity index (χ4n) is 2.66. The second-order valence-corrected chi connectivity index (χ2v) is 6.74. The summed E-state index contributed by atoms with van der Waals surface area (Å²) >= 11 is 1.25. The number of nitrogens with zero attached hydrogens (tertiary/aromatic N) is 1. The zero-order valence-electron chi connectivity index (χ0n) is 14.3. The first kappa shape index (κ1) is 17.2. The fraction of sp³-hybridized carbons (Fsp3) is 0.278. The molecule has 1 amide bonds. The van der Waals surface area contributed by atoms with Crippen LogP contribution >= 0.6 is 11.3 Å². The SMILES string of the molecule is COc1ccc(CCNC(=O)c2sc3nc(C)[nH]c(=O)c3c2C)cc1. The van der Waals surface area contributed by atoms with Gasteiger partial charge in [-0.3, -0.25) is 9.59 Å². The van der Waals surface area contributed by atoms with Gasteiger partial charge in [-0.05, 0) is 43.5 Å². The van der Waals surface area contributed by atoms with Crippen molar-refractivity contribution < 1.29 is 9.53 Å². The van der Waals surface area contributed by atoms with E-state index in [0.29, 0.717) is 33.0 Å². The van der Waals surface area contributed by atoms with Crippen molar-refractivity contribution in [3.63, 3.8) is 0 Å². The lowest BCUT2D eigenvalue weighted by atomic mass is 10.1. The molecule has 3 rings (SSSR count). The number of carbonyl (C=O) groups excluding carboxylic acids is 1. The number of thiophene rings is 1. The molecule has 0 atom stereocenters. The molecule has 0 unspecified atom stereocenters. The number of H-pyrrole nitrogens is 1. The number of aromatic nitrogens is 2. The molecule has 7 heteroatoms. The third-order valence-electron chi connectivity index (χ3n) is 3.98. The first-order chi connectivity index (χ1) is 12.0. The van der Waals surface area contributed by atoms with Crippen molar-refractivity contribution in [2.24, 2.45) is 0 Å². The van der Waals surface area contributed by atoms with Crippen molar-refractivity contribution in [3.8, 4) is 5.75 Å². The second kappa shape index (κ2) is 7.06. The van der Waals surface area contributed by atoms with E-state index in [0.717, 1.165) is 17.7 Å². The fourth-order valence-corrected chi connectivity index (χ4v) is 3.80. The van der Waals surface area contributed by atoms with E-state index in [-0.39, 0.29) is 11.5 Å². The first-order valence-corrected chi connectivity index (χ1v) is 8.72. The van der Waals surface area contributed by atoms with Crippen LogP contribution in [0.25, 0.3) is 10.2 Å². The van der Waals surface area contributed by atoms with Gasteiger partial charge in [-0.1, -0.05) is 12.1 Å². The molecule has 25 heavy (non-hydrogen) atoms. The monoisotopic (exact) mass is 357 g/mol. The molecule has 0 aliphatic heterocycles. The number of carbonyl (C=O) groups is 1. The Labute approximate surface area is 148 Å². The van der Waals surface area contributed by atoms with Crippen LogP contribution < -0.4 is 15.6 Å². The van der Waals surface area contributed by atoms with Crippen molar-refractivity contribution in [2.45, 2.75) is 20.3 Å². The minimum absolute atomic E-state index is 0.175. The molecule has 0 aliphatic rings. The van der Waals surface area contributed by atoms with Crippen molar-refractivity contribution in [1.29, 1.82) is 0 Å². The Bertz CT molecular complexity index is 974. The van der Waals surface area contributed by atoms with E-state index in [2.05, 4.69) is 15.3 Å². The average molecular weight is 357 g/mol. The van der Waals surface area contributed by atoms with E-state index < -0.39 is 0 Å². The first-order valence-electron chi connectivity index (χ1n) is 7.90. The van der Waals surface area contributed by atoms with E-state index in [1.54, 1.807) is 21.0 Å². The molecule has 2 aromatic heterocycles. The maximum absolute atomic E-state index is 12.5. The van der Waals surface area contributed by atoms with Crippen LogP contribution in [0.1, 0.15) is 26.6 Å². The summed E-state index contributed by atoms with van der Waals surface area (Å²) in [7, 11) is 1.63. The Balaban J connectivity index is 1.71. The van der Waals surface area contributed by atoms with Gasteiger partial charge in [0.05, 0.1) is 17.4 Å². The Morgan fingerprint density at radius 1 is 1.28 bits per heavy atom. The van der Waals surface area contributed by atoms with E-state index in [1.165, 1.54) is 11.3 Å². The summed E-state index contributed by atoms with van der Waals surface area (Å²) in [6.45, 7) is 4.02. The van der Waals surface area contributed by atoms with Gasteiger partial charge in [0, 0.05) is 6.54 Å². The molecule has 3 aromatic rings. The largest absolute Gasteiger partial charge is 0.497 e. The summed E-state index contributed by atoms with van der Waals surface area (Å²) in [6, 6.07) is 7.74. The number of hydrogen-bond donors (Lipinski definition) is 2. The maximum Gasteiger partial charge on any atom is 0.261 e. The molecule has 0 saturated heterocycles. The van der Waals surface area contributed by atoms with Crippen LogP contribution in [0.15, 0.2) is 29.1 Å². The smallest absolute Gasteiger partial charge is 0.261 e. The Hall–Kier alpha value is -2.67. The Kier molecular flexibility index (Phi) is 4.85. The Morgan fingerprint density at radius 3 is 2.68 bits per heavy atom. The standard InChI is InChI=1S/C18H19N3O3S/c1-10-14-16(22)20-11(2)21-18(14)25-15(10)17(23)19-9-8-12-4-6-13(24-3)7-5-12/h4-7H,8-9H2,1-3H3,(H,19,23)(H,20,21,22). The molecule has 130 valence electrons. The van der Waals surface area contributed by atoms with Crippen LogP contribution in [0.4, 0.5) is 0 Å². The molecule has 2 N–H and O–H groups in total. The molecule has 0 bridgehead atoms. The number of methoxy groups -OCH3 is 1. The topological polar surface area (TPSA) is 84.1 Å². The third-order valence-corrected chi connectivity index (χ3v) is 5.17. The number of benzene rings is 1. The van der Waals surface area contributed by atoms with Crippen molar-refractivity contribution in [2.75, 3.05) is 13.7 Å². The van der Waals surface area contributed by atoms with Gasteiger partial charge >= 0.3 is 0 Å². The van der Waals surface area contributed by atoms with Gasteiger partial charge in [0.2, 0.25) is 0 Å². The van der Waals surface area contributed by atoms with Crippen molar-refractivity contribution in [1.82, 2.24) is 15.3 Å². The average Bonchev–Trinajstić information content (AvgIpc) is 2.92. The van der Waals surface area contributed by atoms with E-state index >= 15 is 0 Å². The summed E-state index contributed by atoms with van der Waals surface area (Å²) in [4.78, 5) is 32.7. The summed E-state index contributed by atoms with van der Waals surface area (Å²) in [5.41, 5.74) is 1.59. The van der Waals surface area contributed by atoms with Gasteiger partial charge < -0.3 is 15.0 Å². The summed E-state index contributed by atoms with van der Waals surface area (Å²) in [6.07, 6.45) is 0.720. The molecule has 0 aliphatic carbocycles. The third kappa shape index (κ3) is 3.56. The van der Waals surface area contributed by atoms with Crippen molar-refractivity contribution in [3.05, 3.63) is 56.4 Å². The van der Waals surface area contributed by atoms with E-state index in [9.17, 15) is 9.59 Å². The lowest BCUT2D eigenvalue weighted by molar-refractivity contribution is 0.0957.